The molecule has 0 saturated heterocycles. The zero-order chi connectivity index (χ0) is 13.2. The van der Waals surface area contributed by atoms with Gasteiger partial charge in [-0.2, -0.15) is 0 Å². The van der Waals surface area contributed by atoms with Crippen LogP contribution in [0.4, 0.5) is 4.39 Å². The fourth-order valence-corrected chi connectivity index (χ4v) is 1.97. The third kappa shape index (κ3) is 5.61. The average Bonchev–Trinajstić information content (AvgIpc) is 2.37. The molecule has 0 radical (unpaired) electrons. The normalized spacial score (nSPS) is 12.6. The van der Waals surface area contributed by atoms with Crippen LogP contribution >= 0.6 is 0 Å². The molecule has 0 heterocycles. The predicted molar refractivity (Wildman–Crippen MR) is 73.4 cm³/mol. The van der Waals surface area contributed by atoms with Gasteiger partial charge in [-0.3, -0.25) is 0 Å². The number of hydrogen-bond acceptors (Lipinski definition) is 2. The second kappa shape index (κ2) is 9.06. The summed E-state index contributed by atoms with van der Waals surface area (Å²) in [5.74, 6) is 0.156. The van der Waals surface area contributed by atoms with Crippen molar-refractivity contribution in [3.8, 4) is 0 Å². The van der Waals surface area contributed by atoms with Gasteiger partial charge >= 0.3 is 0 Å². The van der Waals surface area contributed by atoms with Crippen LogP contribution in [0.25, 0.3) is 0 Å². The monoisotopic (exact) mass is 253 g/mol. The van der Waals surface area contributed by atoms with Crippen molar-refractivity contribution in [2.75, 3.05) is 26.3 Å². The maximum absolute atomic E-state index is 13.3. The van der Waals surface area contributed by atoms with Crippen LogP contribution in [0.3, 0.4) is 0 Å². The predicted octanol–water partition coefficient (Wildman–Crippen LogP) is 3.34. The summed E-state index contributed by atoms with van der Waals surface area (Å²) in [6.45, 7) is 7.48. The molecule has 0 saturated carbocycles. The second-order valence-corrected chi connectivity index (χ2v) is 4.44. The van der Waals surface area contributed by atoms with E-state index in [4.69, 9.17) is 4.74 Å². The Morgan fingerprint density at radius 1 is 1.33 bits per heavy atom. The number of benzene rings is 1. The van der Waals surface area contributed by atoms with Gasteiger partial charge in [-0.25, -0.2) is 4.39 Å². The third-order valence-electron chi connectivity index (χ3n) is 2.95. The Morgan fingerprint density at radius 2 is 2.17 bits per heavy atom. The summed E-state index contributed by atoms with van der Waals surface area (Å²) in [5.41, 5.74) is 1.05. The molecule has 0 bridgehead atoms. The van der Waals surface area contributed by atoms with Gasteiger partial charge in [0.05, 0.1) is 0 Å². The SMILES string of the molecule is CCCNCC(CCOCC)c1cccc(F)c1. The molecule has 0 aliphatic carbocycles. The van der Waals surface area contributed by atoms with E-state index in [2.05, 4.69) is 12.2 Å². The second-order valence-electron chi connectivity index (χ2n) is 4.44. The summed E-state index contributed by atoms with van der Waals surface area (Å²) in [6, 6.07) is 6.89. The number of halogens is 1. The molecule has 1 rings (SSSR count). The first kappa shape index (κ1) is 15.1. The topological polar surface area (TPSA) is 21.3 Å². The molecular formula is C15H24FNO. The van der Waals surface area contributed by atoms with E-state index in [1.807, 2.05) is 13.0 Å². The molecule has 0 spiro atoms. The van der Waals surface area contributed by atoms with E-state index >= 15 is 0 Å². The third-order valence-corrected chi connectivity index (χ3v) is 2.95. The first-order valence-corrected chi connectivity index (χ1v) is 6.81. The average molecular weight is 253 g/mol. The molecule has 3 heteroatoms. The number of rotatable bonds is 9. The molecule has 0 amide bonds. The Kier molecular flexibility index (Phi) is 7.62. The molecular weight excluding hydrogens is 229 g/mol. The lowest BCUT2D eigenvalue weighted by Gasteiger charge is -2.18. The largest absolute Gasteiger partial charge is 0.382 e. The van der Waals surface area contributed by atoms with Crippen LogP contribution in [0.2, 0.25) is 0 Å². The van der Waals surface area contributed by atoms with E-state index in [1.54, 1.807) is 12.1 Å². The highest BCUT2D eigenvalue weighted by atomic mass is 19.1. The molecule has 1 aromatic rings. The number of ether oxygens (including phenoxy) is 1. The molecule has 1 aromatic carbocycles. The van der Waals surface area contributed by atoms with E-state index in [9.17, 15) is 4.39 Å². The van der Waals surface area contributed by atoms with Crippen molar-refractivity contribution in [2.24, 2.45) is 0 Å². The number of hydrogen-bond donors (Lipinski definition) is 1. The lowest BCUT2D eigenvalue weighted by atomic mass is 9.96. The Bertz CT molecular complexity index is 320. The van der Waals surface area contributed by atoms with Crippen LogP contribution in [0, 0.1) is 5.82 Å². The van der Waals surface area contributed by atoms with Gasteiger partial charge < -0.3 is 10.1 Å². The van der Waals surface area contributed by atoms with Gasteiger partial charge in [-0.05, 0) is 49.9 Å². The highest BCUT2D eigenvalue weighted by Gasteiger charge is 2.11. The summed E-state index contributed by atoms with van der Waals surface area (Å²) < 4.78 is 18.7. The van der Waals surface area contributed by atoms with Crippen LogP contribution in [0.1, 0.15) is 38.2 Å². The first-order valence-electron chi connectivity index (χ1n) is 6.81. The van der Waals surface area contributed by atoms with Gasteiger partial charge in [0.15, 0.2) is 0 Å². The van der Waals surface area contributed by atoms with Crippen LogP contribution < -0.4 is 5.32 Å². The zero-order valence-electron chi connectivity index (χ0n) is 11.4. The Balaban J connectivity index is 2.57. The smallest absolute Gasteiger partial charge is 0.123 e. The molecule has 2 nitrogen and oxygen atoms in total. The van der Waals surface area contributed by atoms with Crippen molar-refractivity contribution in [2.45, 2.75) is 32.6 Å². The molecule has 1 atom stereocenters. The summed E-state index contributed by atoms with van der Waals surface area (Å²) in [4.78, 5) is 0. The van der Waals surface area contributed by atoms with Crippen molar-refractivity contribution in [3.05, 3.63) is 35.6 Å². The minimum Gasteiger partial charge on any atom is -0.382 e. The van der Waals surface area contributed by atoms with Crippen LogP contribution in [-0.4, -0.2) is 26.3 Å². The van der Waals surface area contributed by atoms with Gasteiger partial charge in [0.2, 0.25) is 0 Å². The van der Waals surface area contributed by atoms with Crippen LogP contribution in [0.5, 0.6) is 0 Å². The zero-order valence-corrected chi connectivity index (χ0v) is 11.4. The number of nitrogens with one attached hydrogen (secondary N) is 1. The Morgan fingerprint density at radius 3 is 2.83 bits per heavy atom. The maximum atomic E-state index is 13.3. The molecule has 0 aromatic heterocycles. The van der Waals surface area contributed by atoms with Gasteiger partial charge in [0.1, 0.15) is 5.82 Å². The molecule has 102 valence electrons. The highest BCUT2D eigenvalue weighted by Crippen LogP contribution is 2.20. The quantitative estimate of drug-likeness (QED) is 0.682. The summed E-state index contributed by atoms with van der Waals surface area (Å²) in [7, 11) is 0. The lowest BCUT2D eigenvalue weighted by molar-refractivity contribution is 0.139. The van der Waals surface area contributed by atoms with Gasteiger partial charge in [-0.1, -0.05) is 19.1 Å². The molecule has 1 N–H and O–H groups in total. The summed E-state index contributed by atoms with van der Waals surface area (Å²) in [6.07, 6.45) is 2.04. The maximum Gasteiger partial charge on any atom is 0.123 e. The van der Waals surface area contributed by atoms with Crippen LogP contribution in [-0.2, 0) is 4.74 Å². The van der Waals surface area contributed by atoms with E-state index in [0.29, 0.717) is 5.92 Å². The van der Waals surface area contributed by atoms with E-state index in [-0.39, 0.29) is 5.82 Å². The van der Waals surface area contributed by atoms with Gasteiger partial charge in [-0.15, -0.1) is 0 Å². The fraction of sp³-hybridized carbons (Fsp3) is 0.600. The van der Waals surface area contributed by atoms with Crippen molar-refractivity contribution in [1.82, 2.24) is 5.32 Å². The van der Waals surface area contributed by atoms with Crippen molar-refractivity contribution in [3.63, 3.8) is 0 Å². The molecule has 0 aliphatic heterocycles. The van der Waals surface area contributed by atoms with Gasteiger partial charge in [0.25, 0.3) is 0 Å². The standard InChI is InChI=1S/C15H24FNO/c1-3-9-17-12-14(8-10-18-4-2)13-6-5-7-15(16)11-13/h5-7,11,14,17H,3-4,8-10,12H2,1-2H3. The lowest BCUT2D eigenvalue weighted by Crippen LogP contribution is -2.23. The van der Waals surface area contributed by atoms with E-state index < -0.39 is 0 Å². The fourth-order valence-electron chi connectivity index (χ4n) is 1.97. The molecule has 18 heavy (non-hydrogen) atoms. The van der Waals surface area contributed by atoms with Crippen LogP contribution in [0.15, 0.2) is 24.3 Å². The molecule has 1 unspecified atom stereocenters. The summed E-state index contributed by atoms with van der Waals surface area (Å²) in [5, 5.41) is 3.40. The first-order chi connectivity index (χ1) is 8.77. The highest BCUT2D eigenvalue weighted by molar-refractivity contribution is 5.21. The summed E-state index contributed by atoms with van der Waals surface area (Å²) >= 11 is 0. The van der Waals surface area contributed by atoms with Gasteiger partial charge in [0, 0.05) is 19.8 Å². The molecule has 0 fully saturated rings. The van der Waals surface area contributed by atoms with E-state index in [1.165, 1.54) is 6.07 Å². The Labute approximate surface area is 110 Å². The van der Waals surface area contributed by atoms with Crippen molar-refractivity contribution in [1.29, 1.82) is 0 Å². The minimum absolute atomic E-state index is 0.163. The van der Waals surface area contributed by atoms with E-state index in [0.717, 1.165) is 44.7 Å². The van der Waals surface area contributed by atoms with Crippen molar-refractivity contribution >= 4 is 0 Å². The Hall–Kier alpha value is -0.930. The molecule has 0 aliphatic rings. The van der Waals surface area contributed by atoms with Crippen molar-refractivity contribution < 1.29 is 9.13 Å². The minimum atomic E-state index is -0.163.